The average Bonchev–Trinajstić information content (AvgIpc) is 3.65. The Morgan fingerprint density at radius 2 is 2.00 bits per heavy atom. The zero-order valence-corrected chi connectivity index (χ0v) is 17.5. The highest BCUT2D eigenvalue weighted by molar-refractivity contribution is 5.96. The third-order valence-corrected chi connectivity index (χ3v) is 5.24. The van der Waals surface area contributed by atoms with Crippen LogP contribution in [0.3, 0.4) is 0 Å². The minimum absolute atomic E-state index is 0.401. The van der Waals surface area contributed by atoms with Gasteiger partial charge in [-0.05, 0) is 61.1 Å². The first-order valence-electron chi connectivity index (χ1n) is 10.3. The summed E-state index contributed by atoms with van der Waals surface area (Å²) in [7, 11) is 1.37. The monoisotopic (exact) mass is 413 g/mol. The number of hydrogen-bond acceptors (Lipinski definition) is 6. The van der Waals surface area contributed by atoms with Gasteiger partial charge in [0.1, 0.15) is 11.4 Å². The zero-order chi connectivity index (χ0) is 21.8. The number of anilines is 2. The highest BCUT2D eigenvalue weighted by Gasteiger charge is 2.26. The van der Waals surface area contributed by atoms with Crippen molar-refractivity contribution >= 4 is 17.5 Å². The topological polar surface area (TPSA) is 84.2 Å². The lowest BCUT2D eigenvalue weighted by atomic mass is 10.0. The van der Waals surface area contributed by atoms with Gasteiger partial charge in [0, 0.05) is 11.8 Å². The van der Waals surface area contributed by atoms with E-state index in [4.69, 9.17) is 14.7 Å². The Bertz CT molecular complexity index is 1150. The third-order valence-electron chi connectivity index (χ3n) is 5.24. The van der Waals surface area contributed by atoms with E-state index in [9.17, 15) is 4.79 Å². The molecule has 1 saturated carbocycles. The van der Waals surface area contributed by atoms with E-state index in [1.807, 2.05) is 49.5 Å². The SMILES string of the molecule is CCOc1c(Nc2ncc(C3CC3)cc2C(=O)OC)cccc1-c1ccc(C#N)cc1. The summed E-state index contributed by atoms with van der Waals surface area (Å²) in [6.07, 6.45) is 4.06. The van der Waals surface area contributed by atoms with E-state index in [0.29, 0.717) is 40.9 Å². The summed E-state index contributed by atoms with van der Waals surface area (Å²) in [5, 5.41) is 12.3. The predicted octanol–water partition coefficient (Wildman–Crippen LogP) is 5.43. The van der Waals surface area contributed by atoms with Crippen molar-refractivity contribution in [1.29, 1.82) is 5.26 Å². The second kappa shape index (κ2) is 8.88. The summed E-state index contributed by atoms with van der Waals surface area (Å²) in [6, 6.07) is 17.1. The van der Waals surface area contributed by atoms with Gasteiger partial charge in [-0.2, -0.15) is 5.26 Å². The number of aromatic nitrogens is 1. The van der Waals surface area contributed by atoms with Crippen molar-refractivity contribution < 1.29 is 14.3 Å². The van der Waals surface area contributed by atoms with Crippen molar-refractivity contribution in [3.63, 3.8) is 0 Å². The van der Waals surface area contributed by atoms with Gasteiger partial charge in [0.25, 0.3) is 0 Å². The molecule has 0 spiro atoms. The van der Waals surface area contributed by atoms with E-state index in [2.05, 4.69) is 16.4 Å². The Morgan fingerprint density at radius 1 is 1.23 bits per heavy atom. The van der Waals surface area contributed by atoms with Gasteiger partial charge in [0.15, 0.2) is 5.75 Å². The maximum absolute atomic E-state index is 12.4. The molecule has 1 N–H and O–H groups in total. The first-order chi connectivity index (χ1) is 15.1. The molecule has 0 atom stereocenters. The van der Waals surface area contributed by atoms with Crippen LogP contribution in [0.1, 0.15) is 47.2 Å². The molecule has 6 heteroatoms. The minimum atomic E-state index is -0.432. The molecule has 1 heterocycles. The standard InChI is InChI=1S/C25H23N3O3/c1-3-31-23-20(18-9-7-16(14-26)8-10-18)5-4-6-22(23)28-24-21(25(29)30-2)13-19(15-27-24)17-11-12-17/h4-10,13,15,17H,3,11-12H2,1-2H3,(H,27,28). The first kappa shape index (κ1) is 20.4. The van der Waals surface area contributed by atoms with E-state index >= 15 is 0 Å². The molecule has 4 rings (SSSR count). The minimum Gasteiger partial charge on any atom is -0.491 e. The molecule has 0 radical (unpaired) electrons. The molecular formula is C25H23N3O3. The number of ether oxygens (including phenoxy) is 2. The lowest BCUT2D eigenvalue weighted by Crippen LogP contribution is -2.09. The number of carbonyl (C=O) groups excluding carboxylic acids is 1. The number of pyridine rings is 1. The van der Waals surface area contributed by atoms with Crippen LogP contribution in [0.15, 0.2) is 54.7 Å². The van der Waals surface area contributed by atoms with Crippen LogP contribution in [0.25, 0.3) is 11.1 Å². The van der Waals surface area contributed by atoms with Crippen LogP contribution >= 0.6 is 0 Å². The van der Waals surface area contributed by atoms with E-state index < -0.39 is 5.97 Å². The molecule has 1 aromatic heterocycles. The molecule has 156 valence electrons. The molecule has 31 heavy (non-hydrogen) atoms. The molecule has 1 fully saturated rings. The van der Waals surface area contributed by atoms with Gasteiger partial charge in [-0.3, -0.25) is 0 Å². The zero-order valence-electron chi connectivity index (χ0n) is 17.5. The second-order valence-corrected chi connectivity index (χ2v) is 7.36. The lowest BCUT2D eigenvalue weighted by molar-refractivity contribution is 0.0601. The fourth-order valence-corrected chi connectivity index (χ4v) is 3.50. The van der Waals surface area contributed by atoms with Gasteiger partial charge in [-0.15, -0.1) is 0 Å². The predicted molar refractivity (Wildman–Crippen MR) is 119 cm³/mol. The molecule has 0 amide bonds. The number of para-hydroxylation sites is 1. The molecule has 0 bridgehead atoms. The average molecular weight is 413 g/mol. The molecule has 2 aromatic carbocycles. The van der Waals surface area contributed by atoms with Gasteiger partial charge < -0.3 is 14.8 Å². The maximum atomic E-state index is 12.4. The van der Waals surface area contributed by atoms with Gasteiger partial charge >= 0.3 is 5.97 Å². The largest absolute Gasteiger partial charge is 0.491 e. The normalized spacial score (nSPS) is 12.7. The van der Waals surface area contributed by atoms with Gasteiger partial charge in [0.05, 0.1) is 31.0 Å². The van der Waals surface area contributed by atoms with Gasteiger partial charge in [0.2, 0.25) is 0 Å². The molecule has 1 aliphatic rings. The van der Waals surface area contributed by atoms with Crippen LogP contribution in [-0.2, 0) is 4.74 Å². The Balaban J connectivity index is 1.74. The summed E-state index contributed by atoms with van der Waals surface area (Å²) < 4.78 is 11.0. The van der Waals surface area contributed by atoms with Gasteiger partial charge in [-0.25, -0.2) is 9.78 Å². The van der Waals surface area contributed by atoms with Crippen LogP contribution in [0, 0.1) is 11.3 Å². The van der Waals surface area contributed by atoms with Crippen molar-refractivity contribution in [3.05, 3.63) is 71.4 Å². The number of rotatable bonds is 7. The number of nitrogens with one attached hydrogen (secondary N) is 1. The Labute approximate surface area is 181 Å². The molecule has 0 unspecified atom stereocenters. The Kier molecular flexibility index (Phi) is 5.85. The number of benzene rings is 2. The first-order valence-corrected chi connectivity index (χ1v) is 10.3. The van der Waals surface area contributed by atoms with Crippen molar-refractivity contribution in [1.82, 2.24) is 4.98 Å². The van der Waals surface area contributed by atoms with Crippen LogP contribution in [-0.4, -0.2) is 24.7 Å². The molecule has 0 saturated heterocycles. The summed E-state index contributed by atoms with van der Waals surface area (Å²) >= 11 is 0. The summed E-state index contributed by atoms with van der Waals surface area (Å²) in [4.78, 5) is 16.9. The highest BCUT2D eigenvalue weighted by Crippen LogP contribution is 2.42. The lowest BCUT2D eigenvalue weighted by Gasteiger charge is -2.18. The number of nitrogens with zero attached hydrogens (tertiary/aromatic N) is 2. The summed E-state index contributed by atoms with van der Waals surface area (Å²) in [5.74, 6) is 1.12. The fraction of sp³-hybridized carbons (Fsp3) is 0.240. The van der Waals surface area contributed by atoms with Crippen LogP contribution < -0.4 is 10.1 Å². The number of carbonyl (C=O) groups is 1. The van der Waals surface area contributed by atoms with E-state index in [1.165, 1.54) is 7.11 Å². The smallest absolute Gasteiger partial charge is 0.341 e. The number of nitriles is 1. The van der Waals surface area contributed by atoms with E-state index in [0.717, 1.165) is 29.5 Å². The van der Waals surface area contributed by atoms with Crippen LogP contribution in [0.5, 0.6) is 5.75 Å². The number of hydrogen-bond donors (Lipinski definition) is 1. The molecule has 3 aromatic rings. The number of esters is 1. The van der Waals surface area contributed by atoms with E-state index in [-0.39, 0.29) is 0 Å². The van der Waals surface area contributed by atoms with Crippen LogP contribution in [0.4, 0.5) is 11.5 Å². The van der Waals surface area contributed by atoms with Gasteiger partial charge in [-0.1, -0.05) is 24.3 Å². The van der Waals surface area contributed by atoms with Crippen molar-refractivity contribution in [2.24, 2.45) is 0 Å². The third kappa shape index (κ3) is 4.36. The van der Waals surface area contributed by atoms with Crippen molar-refractivity contribution in [2.45, 2.75) is 25.7 Å². The van der Waals surface area contributed by atoms with Crippen molar-refractivity contribution in [2.75, 3.05) is 19.0 Å². The molecule has 1 aliphatic carbocycles. The van der Waals surface area contributed by atoms with Crippen molar-refractivity contribution in [3.8, 4) is 22.9 Å². The summed E-state index contributed by atoms with van der Waals surface area (Å²) in [5.41, 5.74) is 4.56. The van der Waals surface area contributed by atoms with E-state index in [1.54, 1.807) is 12.1 Å². The molecular weight excluding hydrogens is 390 g/mol. The quantitative estimate of drug-likeness (QED) is 0.520. The summed E-state index contributed by atoms with van der Waals surface area (Å²) in [6.45, 7) is 2.39. The molecule has 6 nitrogen and oxygen atoms in total. The maximum Gasteiger partial charge on any atom is 0.341 e. The highest BCUT2D eigenvalue weighted by atomic mass is 16.5. The Morgan fingerprint density at radius 3 is 2.65 bits per heavy atom. The van der Waals surface area contributed by atoms with Crippen LogP contribution in [0.2, 0.25) is 0 Å². The number of methoxy groups -OCH3 is 1. The molecule has 0 aliphatic heterocycles. The Hall–Kier alpha value is -3.85. The fourth-order valence-electron chi connectivity index (χ4n) is 3.50. The second-order valence-electron chi connectivity index (χ2n) is 7.36.